The zero-order valence-corrected chi connectivity index (χ0v) is 11.0. The minimum absolute atomic E-state index is 1.26. The second-order valence-corrected chi connectivity index (χ2v) is 4.81. The van der Waals surface area contributed by atoms with Gasteiger partial charge in [0.15, 0.2) is 0 Å². The van der Waals surface area contributed by atoms with Gasteiger partial charge < -0.3 is 0 Å². The summed E-state index contributed by atoms with van der Waals surface area (Å²) in [6.07, 6.45) is 0. The van der Waals surface area contributed by atoms with E-state index < -0.39 is 0 Å². The zero-order chi connectivity index (χ0) is 13.1. The van der Waals surface area contributed by atoms with Crippen LogP contribution in [0.5, 0.6) is 0 Å². The molecule has 0 aliphatic heterocycles. The summed E-state index contributed by atoms with van der Waals surface area (Å²) in [4.78, 5) is 0. The van der Waals surface area contributed by atoms with Crippen LogP contribution >= 0.6 is 0 Å². The van der Waals surface area contributed by atoms with Gasteiger partial charge in [-0.05, 0) is 29.2 Å². The predicted molar refractivity (Wildman–Crippen MR) is 82.1 cm³/mol. The molecule has 0 spiro atoms. The van der Waals surface area contributed by atoms with E-state index in [9.17, 15) is 0 Å². The monoisotopic (exact) mass is 244 g/mol. The topological polar surface area (TPSA) is 0 Å². The molecule has 3 aromatic rings. The highest BCUT2D eigenvalue weighted by molar-refractivity contribution is 5.70. The maximum absolute atomic E-state index is 2.19. The molecule has 0 nitrogen and oxygen atoms in total. The standard InChI is InChI=1S/C19H16/c1-15-7-9-17(10-8-15)19-13-11-18(12-14-19)16-5-3-2-4-6-16/h2-14H,1H3. The molecule has 0 heteroatoms. The second-order valence-electron chi connectivity index (χ2n) is 4.81. The van der Waals surface area contributed by atoms with Gasteiger partial charge in [0.2, 0.25) is 0 Å². The number of hydrogen-bond donors (Lipinski definition) is 0. The molecule has 0 unspecified atom stereocenters. The fourth-order valence-corrected chi connectivity index (χ4v) is 2.23. The van der Waals surface area contributed by atoms with E-state index in [4.69, 9.17) is 0 Å². The summed E-state index contributed by atoms with van der Waals surface area (Å²) in [5, 5.41) is 0. The molecule has 0 atom stereocenters. The highest BCUT2D eigenvalue weighted by Crippen LogP contribution is 2.24. The number of benzene rings is 3. The molecular formula is C19H16. The molecule has 0 aromatic heterocycles. The van der Waals surface area contributed by atoms with Crippen molar-refractivity contribution in [3.05, 3.63) is 84.4 Å². The van der Waals surface area contributed by atoms with Crippen LogP contribution in [0.4, 0.5) is 0 Å². The van der Waals surface area contributed by atoms with Crippen molar-refractivity contribution in [2.24, 2.45) is 0 Å². The quantitative estimate of drug-likeness (QED) is 0.571. The van der Waals surface area contributed by atoms with E-state index >= 15 is 0 Å². The maximum Gasteiger partial charge on any atom is -0.0184 e. The van der Waals surface area contributed by atoms with Gasteiger partial charge in [-0.15, -0.1) is 0 Å². The first-order valence-electron chi connectivity index (χ1n) is 6.55. The Morgan fingerprint density at radius 2 is 0.789 bits per heavy atom. The van der Waals surface area contributed by atoms with Crippen molar-refractivity contribution in [1.82, 2.24) is 0 Å². The summed E-state index contributed by atoms with van der Waals surface area (Å²) in [6.45, 7) is 2.11. The molecule has 0 fully saturated rings. The maximum atomic E-state index is 2.19. The van der Waals surface area contributed by atoms with Crippen molar-refractivity contribution >= 4 is 0 Å². The first kappa shape index (κ1) is 11.7. The third kappa shape index (κ3) is 2.58. The van der Waals surface area contributed by atoms with Crippen LogP contribution in [0.2, 0.25) is 0 Å². The van der Waals surface area contributed by atoms with Gasteiger partial charge in [0, 0.05) is 0 Å². The van der Waals surface area contributed by atoms with Crippen molar-refractivity contribution in [3.63, 3.8) is 0 Å². The highest BCUT2D eigenvalue weighted by atomic mass is 14.0. The first-order chi connectivity index (χ1) is 9.33. The predicted octanol–water partition coefficient (Wildman–Crippen LogP) is 5.33. The third-order valence-corrected chi connectivity index (χ3v) is 3.38. The van der Waals surface area contributed by atoms with Crippen LogP contribution in [0.15, 0.2) is 78.9 Å². The van der Waals surface area contributed by atoms with E-state index in [0.717, 1.165) is 0 Å². The summed E-state index contributed by atoms with van der Waals surface area (Å²) >= 11 is 0. The lowest BCUT2D eigenvalue weighted by atomic mass is 10.00. The third-order valence-electron chi connectivity index (χ3n) is 3.38. The van der Waals surface area contributed by atoms with Crippen LogP contribution in [-0.4, -0.2) is 0 Å². The molecule has 0 saturated carbocycles. The summed E-state index contributed by atoms with van der Waals surface area (Å²) in [5.41, 5.74) is 6.35. The zero-order valence-electron chi connectivity index (χ0n) is 11.0. The Bertz CT molecular complexity index is 647. The molecular weight excluding hydrogens is 228 g/mol. The van der Waals surface area contributed by atoms with Crippen molar-refractivity contribution < 1.29 is 0 Å². The first-order valence-corrected chi connectivity index (χ1v) is 6.55. The summed E-state index contributed by atoms with van der Waals surface area (Å²) < 4.78 is 0. The van der Waals surface area contributed by atoms with Crippen molar-refractivity contribution in [2.75, 3.05) is 0 Å². The molecule has 0 aliphatic carbocycles. The van der Waals surface area contributed by atoms with Crippen LogP contribution in [0.3, 0.4) is 0 Å². The lowest BCUT2D eigenvalue weighted by Crippen LogP contribution is -1.80. The molecule has 0 bridgehead atoms. The van der Waals surface area contributed by atoms with Gasteiger partial charge in [0.05, 0.1) is 0 Å². The number of aryl methyl sites for hydroxylation is 1. The molecule has 0 saturated heterocycles. The van der Waals surface area contributed by atoms with Gasteiger partial charge in [-0.1, -0.05) is 84.4 Å². The van der Waals surface area contributed by atoms with Gasteiger partial charge in [-0.3, -0.25) is 0 Å². The van der Waals surface area contributed by atoms with Crippen LogP contribution in [0.1, 0.15) is 5.56 Å². The lowest BCUT2D eigenvalue weighted by Gasteiger charge is -2.05. The van der Waals surface area contributed by atoms with E-state index in [2.05, 4.69) is 79.7 Å². The highest BCUT2D eigenvalue weighted by Gasteiger charge is 1.99. The van der Waals surface area contributed by atoms with Gasteiger partial charge in [0.1, 0.15) is 0 Å². The molecule has 0 amide bonds. The summed E-state index contributed by atoms with van der Waals surface area (Å²) in [6, 6.07) is 27.9. The van der Waals surface area contributed by atoms with Gasteiger partial charge in [-0.25, -0.2) is 0 Å². The fourth-order valence-electron chi connectivity index (χ4n) is 2.23. The Hall–Kier alpha value is -2.34. The van der Waals surface area contributed by atoms with Gasteiger partial charge >= 0.3 is 0 Å². The van der Waals surface area contributed by atoms with Crippen molar-refractivity contribution in [2.45, 2.75) is 6.92 Å². The largest absolute Gasteiger partial charge is 0.0622 e. The smallest absolute Gasteiger partial charge is 0.0184 e. The Kier molecular flexibility index (Phi) is 3.16. The number of rotatable bonds is 2. The molecule has 3 aromatic carbocycles. The molecule has 0 heterocycles. The summed E-state index contributed by atoms with van der Waals surface area (Å²) in [7, 11) is 0. The van der Waals surface area contributed by atoms with E-state index in [-0.39, 0.29) is 0 Å². The molecule has 0 N–H and O–H groups in total. The minimum atomic E-state index is 1.26. The van der Waals surface area contributed by atoms with Gasteiger partial charge in [-0.2, -0.15) is 0 Å². The Morgan fingerprint density at radius 3 is 1.26 bits per heavy atom. The minimum Gasteiger partial charge on any atom is -0.0622 e. The van der Waals surface area contributed by atoms with Crippen molar-refractivity contribution in [3.8, 4) is 22.3 Å². The average molecular weight is 244 g/mol. The Morgan fingerprint density at radius 1 is 0.421 bits per heavy atom. The van der Waals surface area contributed by atoms with Crippen LogP contribution in [0, 0.1) is 6.92 Å². The molecule has 3 rings (SSSR count). The SMILES string of the molecule is Cc1ccc(-c2ccc(-c3ccccc3)cc2)cc1. The lowest BCUT2D eigenvalue weighted by molar-refractivity contribution is 1.47. The summed E-state index contributed by atoms with van der Waals surface area (Å²) in [5.74, 6) is 0. The van der Waals surface area contributed by atoms with E-state index in [1.54, 1.807) is 0 Å². The van der Waals surface area contributed by atoms with Crippen molar-refractivity contribution in [1.29, 1.82) is 0 Å². The molecule has 19 heavy (non-hydrogen) atoms. The Labute approximate surface area is 114 Å². The number of hydrogen-bond acceptors (Lipinski definition) is 0. The van der Waals surface area contributed by atoms with Crippen LogP contribution in [0.25, 0.3) is 22.3 Å². The second kappa shape index (κ2) is 5.11. The van der Waals surface area contributed by atoms with E-state index in [0.29, 0.717) is 0 Å². The normalized spacial score (nSPS) is 10.4. The molecule has 92 valence electrons. The van der Waals surface area contributed by atoms with Crippen LogP contribution < -0.4 is 0 Å². The van der Waals surface area contributed by atoms with E-state index in [1.165, 1.54) is 27.8 Å². The molecule has 0 aliphatic rings. The Balaban J connectivity index is 1.93. The van der Waals surface area contributed by atoms with Crippen LogP contribution in [-0.2, 0) is 0 Å². The van der Waals surface area contributed by atoms with E-state index in [1.807, 2.05) is 6.07 Å². The molecule has 0 radical (unpaired) electrons. The fraction of sp³-hybridized carbons (Fsp3) is 0.0526. The average Bonchev–Trinajstić information content (AvgIpc) is 2.49. The van der Waals surface area contributed by atoms with Gasteiger partial charge in [0.25, 0.3) is 0 Å².